The van der Waals surface area contributed by atoms with E-state index in [9.17, 15) is 5.11 Å². The molecule has 0 spiro atoms. The van der Waals surface area contributed by atoms with E-state index in [-0.39, 0.29) is 6.10 Å². The summed E-state index contributed by atoms with van der Waals surface area (Å²) < 4.78 is 0. The van der Waals surface area contributed by atoms with Crippen molar-refractivity contribution < 1.29 is 5.11 Å². The maximum absolute atomic E-state index is 9.99. The Hall–Kier alpha value is -0.920. The Balaban J connectivity index is 2.29. The Morgan fingerprint density at radius 2 is 2.15 bits per heavy atom. The molecule has 1 aliphatic carbocycles. The van der Waals surface area contributed by atoms with Gasteiger partial charge in [0, 0.05) is 25.7 Å². The lowest BCUT2D eigenvalue weighted by Crippen LogP contribution is -2.11. The predicted molar refractivity (Wildman–Crippen MR) is 86.1 cm³/mol. The minimum absolute atomic E-state index is 0.254. The van der Waals surface area contributed by atoms with Crippen molar-refractivity contribution >= 4 is 0 Å². The van der Waals surface area contributed by atoms with Crippen molar-refractivity contribution in [2.24, 2.45) is 11.8 Å². The fraction of sp³-hybridized carbons (Fsp3) is 0.789. The molecule has 1 N–H and O–H groups in total. The second-order valence-corrected chi connectivity index (χ2v) is 6.20. The van der Waals surface area contributed by atoms with E-state index in [2.05, 4.69) is 37.5 Å². The van der Waals surface area contributed by atoms with Crippen LogP contribution < -0.4 is 0 Å². The molecule has 1 nitrogen and oxygen atoms in total. The molecular formula is C19H30O. The van der Waals surface area contributed by atoms with Gasteiger partial charge in [-0.1, -0.05) is 13.8 Å². The van der Waals surface area contributed by atoms with E-state index in [1.54, 1.807) is 0 Å². The number of rotatable bonds is 5. The molecule has 20 heavy (non-hydrogen) atoms. The van der Waals surface area contributed by atoms with Crippen molar-refractivity contribution in [2.45, 2.75) is 84.2 Å². The van der Waals surface area contributed by atoms with Crippen molar-refractivity contribution in [2.75, 3.05) is 0 Å². The first-order chi connectivity index (χ1) is 9.72. The summed E-state index contributed by atoms with van der Waals surface area (Å²) in [6, 6.07) is 0. The molecule has 0 fully saturated rings. The molecule has 0 aromatic heterocycles. The van der Waals surface area contributed by atoms with Crippen molar-refractivity contribution in [1.29, 1.82) is 0 Å². The third-order valence-electron chi connectivity index (χ3n) is 4.00. The number of hydrogen-bond donors (Lipinski definition) is 1. The fourth-order valence-corrected chi connectivity index (χ4v) is 2.77. The van der Waals surface area contributed by atoms with E-state index in [4.69, 9.17) is 0 Å². The smallest absolute Gasteiger partial charge is 0.0649 e. The maximum Gasteiger partial charge on any atom is 0.0649 e. The highest BCUT2D eigenvalue weighted by Gasteiger charge is 2.15. The van der Waals surface area contributed by atoms with E-state index in [0.717, 1.165) is 44.4 Å². The van der Waals surface area contributed by atoms with Gasteiger partial charge in [-0.2, -0.15) is 0 Å². The van der Waals surface area contributed by atoms with Gasteiger partial charge in [0.25, 0.3) is 0 Å². The Kier molecular flexibility index (Phi) is 9.27. The number of aliphatic hydroxyl groups is 1. The largest absolute Gasteiger partial charge is 0.392 e. The molecule has 0 aromatic rings. The highest BCUT2D eigenvalue weighted by Crippen LogP contribution is 2.25. The molecule has 0 amide bonds. The van der Waals surface area contributed by atoms with Crippen molar-refractivity contribution in [3.63, 3.8) is 0 Å². The van der Waals surface area contributed by atoms with Gasteiger partial charge in [-0.25, -0.2) is 0 Å². The Labute approximate surface area is 125 Å². The quantitative estimate of drug-likeness (QED) is 0.730. The SMILES string of the molecule is CCCC#CCC(O)CCC1CC#CCCCC(C)C1. The van der Waals surface area contributed by atoms with Crippen LogP contribution in [0.2, 0.25) is 0 Å². The van der Waals surface area contributed by atoms with E-state index in [0.29, 0.717) is 12.3 Å². The van der Waals surface area contributed by atoms with Crippen LogP contribution in [0.4, 0.5) is 0 Å². The van der Waals surface area contributed by atoms with Gasteiger partial charge in [-0.15, -0.1) is 23.7 Å². The normalized spacial score (nSPS) is 24.1. The zero-order chi connectivity index (χ0) is 14.6. The van der Waals surface area contributed by atoms with Crippen LogP contribution in [0.5, 0.6) is 0 Å². The van der Waals surface area contributed by atoms with Gasteiger partial charge >= 0.3 is 0 Å². The first-order valence-electron chi connectivity index (χ1n) is 8.31. The lowest BCUT2D eigenvalue weighted by molar-refractivity contribution is 0.156. The second-order valence-electron chi connectivity index (χ2n) is 6.20. The summed E-state index contributed by atoms with van der Waals surface area (Å²) in [6.07, 6.45) is 10.3. The van der Waals surface area contributed by atoms with Gasteiger partial charge in [0.1, 0.15) is 0 Å². The predicted octanol–water partition coefficient (Wildman–Crippen LogP) is 4.54. The van der Waals surface area contributed by atoms with Crippen LogP contribution in [0.25, 0.3) is 0 Å². The standard InChI is InChI=1S/C19H30O/c1-3-4-5-10-13-19(20)15-14-18-12-9-7-6-8-11-17(2)16-18/h17-20H,3-4,6,8,11-16H2,1-2H3. The fourth-order valence-electron chi connectivity index (χ4n) is 2.77. The average molecular weight is 274 g/mol. The minimum Gasteiger partial charge on any atom is -0.392 e. The monoisotopic (exact) mass is 274 g/mol. The van der Waals surface area contributed by atoms with Crippen LogP contribution in [0.3, 0.4) is 0 Å². The number of hydrogen-bond acceptors (Lipinski definition) is 1. The molecule has 0 aromatic carbocycles. The van der Waals surface area contributed by atoms with Gasteiger partial charge < -0.3 is 5.11 Å². The zero-order valence-electron chi connectivity index (χ0n) is 13.3. The molecule has 0 bridgehead atoms. The Bertz CT molecular complexity index is 363. The van der Waals surface area contributed by atoms with Crippen LogP contribution in [-0.4, -0.2) is 11.2 Å². The lowest BCUT2D eigenvalue weighted by Gasteiger charge is -2.19. The van der Waals surface area contributed by atoms with Crippen LogP contribution in [0.15, 0.2) is 0 Å². The van der Waals surface area contributed by atoms with Crippen LogP contribution >= 0.6 is 0 Å². The minimum atomic E-state index is -0.254. The highest BCUT2D eigenvalue weighted by molar-refractivity contribution is 5.02. The first kappa shape index (κ1) is 17.1. The molecule has 112 valence electrons. The topological polar surface area (TPSA) is 20.2 Å². The van der Waals surface area contributed by atoms with E-state index in [1.807, 2.05) is 0 Å². The van der Waals surface area contributed by atoms with Gasteiger partial charge in [-0.3, -0.25) is 0 Å². The van der Waals surface area contributed by atoms with Crippen molar-refractivity contribution in [3.8, 4) is 23.7 Å². The zero-order valence-corrected chi connectivity index (χ0v) is 13.3. The molecule has 1 rings (SSSR count). The van der Waals surface area contributed by atoms with Crippen molar-refractivity contribution in [3.05, 3.63) is 0 Å². The Morgan fingerprint density at radius 3 is 2.95 bits per heavy atom. The summed E-state index contributed by atoms with van der Waals surface area (Å²) in [5.41, 5.74) is 0. The summed E-state index contributed by atoms with van der Waals surface area (Å²) in [5.74, 6) is 14.2. The average Bonchev–Trinajstić information content (AvgIpc) is 2.53. The summed E-state index contributed by atoms with van der Waals surface area (Å²) >= 11 is 0. The molecular weight excluding hydrogens is 244 g/mol. The first-order valence-corrected chi connectivity index (χ1v) is 8.31. The van der Waals surface area contributed by atoms with E-state index < -0.39 is 0 Å². The molecule has 1 heteroatoms. The molecule has 3 unspecified atom stereocenters. The molecule has 0 radical (unpaired) electrons. The second kappa shape index (κ2) is 10.8. The maximum atomic E-state index is 9.99. The van der Waals surface area contributed by atoms with Gasteiger partial charge in [-0.05, 0) is 50.4 Å². The van der Waals surface area contributed by atoms with Gasteiger partial charge in [0.2, 0.25) is 0 Å². The van der Waals surface area contributed by atoms with E-state index >= 15 is 0 Å². The van der Waals surface area contributed by atoms with E-state index in [1.165, 1.54) is 19.3 Å². The Morgan fingerprint density at radius 1 is 1.30 bits per heavy atom. The number of unbranched alkanes of at least 4 members (excludes halogenated alkanes) is 1. The van der Waals surface area contributed by atoms with Crippen LogP contribution in [-0.2, 0) is 0 Å². The molecule has 1 aliphatic rings. The van der Waals surface area contributed by atoms with Crippen LogP contribution in [0.1, 0.15) is 78.1 Å². The molecule has 0 saturated carbocycles. The number of aliphatic hydroxyl groups excluding tert-OH is 1. The van der Waals surface area contributed by atoms with Gasteiger partial charge in [0.05, 0.1) is 6.10 Å². The van der Waals surface area contributed by atoms with Crippen LogP contribution in [0, 0.1) is 35.5 Å². The lowest BCUT2D eigenvalue weighted by atomic mass is 9.87. The third-order valence-corrected chi connectivity index (χ3v) is 4.00. The summed E-state index contributed by atoms with van der Waals surface area (Å²) in [5, 5.41) is 9.99. The highest BCUT2D eigenvalue weighted by atomic mass is 16.3. The summed E-state index contributed by atoms with van der Waals surface area (Å²) in [4.78, 5) is 0. The molecule has 0 saturated heterocycles. The summed E-state index contributed by atoms with van der Waals surface area (Å²) in [7, 11) is 0. The molecule has 0 aliphatic heterocycles. The molecule has 3 atom stereocenters. The third kappa shape index (κ3) is 8.29. The summed E-state index contributed by atoms with van der Waals surface area (Å²) in [6.45, 7) is 4.48. The molecule has 0 heterocycles. The van der Waals surface area contributed by atoms with Gasteiger partial charge in [0.15, 0.2) is 0 Å². The van der Waals surface area contributed by atoms with Crippen molar-refractivity contribution in [1.82, 2.24) is 0 Å².